The van der Waals surface area contributed by atoms with Crippen molar-refractivity contribution in [1.29, 1.82) is 0 Å². The molecular weight excluding hydrogens is 150 g/mol. The molecule has 0 saturated carbocycles. The van der Waals surface area contributed by atoms with E-state index in [1.54, 1.807) is 19.6 Å². The summed E-state index contributed by atoms with van der Waals surface area (Å²) in [6.45, 7) is 1.33. The second-order valence-corrected chi connectivity index (χ2v) is 5.00. The minimum absolute atomic E-state index is 0.639. The van der Waals surface area contributed by atoms with Gasteiger partial charge in [-0.1, -0.05) is 0 Å². The summed E-state index contributed by atoms with van der Waals surface area (Å²) in [6, 6.07) is 0. The zero-order valence-corrected chi connectivity index (χ0v) is 7.61. The number of hydrogen-bond donors (Lipinski definition) is 0. The van der Waals surface area contributed by atoms with E-state index < -0.39 is 9.73 Å². The summed E-state index contributed by atoms with van der Waals surface area (Å²) < 4.78 is 19.7. The van der Waals surface area contributed by atoms with Gasteiger partial charge in [0.2, 0.25) is 0 Å². The van der Waals surface area contributed by atoms with Gasteiger partial charge in [0.25, 0.3) is 0 Å². The van der Waals surface area contributed by atoms with Gasteiger partial charge in [0.15, 0.2) is 0 Å². The molecule has 0 aliphatic rings. The van der Waals surface area contributed by atoms with Gasteiger partial charge in [0.05, 0.1) is 6.54 Å². The Balaban J connectivity index is 3.45. The Hall–Kier alpha value is -0.0900. The van der Waals surface area contributed by atoms with Crippen LogP contribution in [0.3, 0.4) is 0 Å². The Morgan fingerprint density at radius 2 is 2.10 bits per heavy atom. The van der Waals surface area contributed by atoms with Crippen molar-refractivity contribution >= 4 is 9.73 Å². The predicted molar refractivity (Wildman–Crippen MR) is 43.8 cm³/mol. The summed E-state index contributed by atoms with van der Waals surface area (Å²) in [4.78, 5) is 0. The van der Waals surface area contributed by atoms with Gasteiger partial charge in [-0.2, -0.15) is 0 Å². The van der Waals surface area contributed by atoms with Gasteiger partial charge in [0, 0.05) is 36.0 Å². The summed E-state index contributed by atoms with van der Waals surface area (Å²) in [5.74, 6) is 0. The Bertz CT molecular complexity index is 174. The van der Waals surface area contributed by atoms with Gasteiger partial charge >= 0.3 is 0 Å². The molecule has 0 spiro atoms. The molecule has 0 fully saturated rings. The lowest BCUT2D eigenvalue weighted by molar-refractivity contribution is 0.197. The molecule has 0 aromatic heterocycles. The highest BCUT2D eigenvalue weighted by Crippen LogP contribution is 1.87. The summed E-state index contributed by atoms with van der Waals surface area (Å²) in [5, 5.41) is 0. The Morgan fingerprint density at radius 3 is 2.50 bits per heavy atom. The molecule has 0 unspecified atom stereocenters. The largest absolute Gasteiger partial charge is 0.385 e. The third-order valence-corrected chi connectivity index (χ3v) is 1.71. The van der Waals surface area contributed by atoms with Crippen molar-refractivity contribution in [2.75, 3.05) is 32.8 Å². The quantitative estimate of drug-likeness (QED) is 0.577. The van der Waals surface area contributed by atoms with Gasteiger partial charge in [-0.3, -0.25) is 4.21 Å². The summed E-state index contributed by atoms with van der Waals surface area (Å²) in [5.41, 5.74) is 0. The lowest BCUT2D eigenvalue weighted by Crippen LogP contribution is -1.96. The highest BCUT2D eigenvalue weighted by atomic mass is 32.2. The van der Waals surface area contributed by atoms with Crippen LogP contribution >= 0.6 is 0 Å². The van der Waals surface area contributed by atoms with Crippen LogP contribution in [0.1, 0.15) is 6.42 Å². The molecular formula is C6H15NO2S. The molecule has 0 amide bonds. The Labute approximate surface area is 63.0 Å². The maximum Gasteiger partial charge on any atom is 0.0505 e. The van der Waals surface area contributed by atoms with E-state index in [1.807, 2.05) is 0 Å². The number of hydrogen-bond acceptors (Lipinski definition) is 3. The summed E-state index contributed by atoms with van der Waals surface area (Å²) in [6.07, 6.45) is 4.13. The van der Waals surface area contributed by atoms with Crippen molar-refractivity contribution in [1.82, 2.24) is 0 Å². The van der Waals surface area contributed by atoms with Gasteiger partial charge < -0.3 is 4.74 Å². The highest BCUT2D eigenvalue weighted by molar-refractivity contribution is 7.92. The molecule has 0 aliphatic heterocycles. The topological polar surface area (TPSA) is 38.7 Å². The lowest BCUT2D eigenvalue weighted by atomic mass is 10.5. The maximum atomic E-state index is 10.9. The first kappa shape index (κ1) is 9.91. The molecule has 3 nitrogen and oxygen atoms in total. The number of nitrogens with zero attached hydrogens (tertiary/aromatic N) is 1. The smallest absolute Gasteiger partial charge is 0.0505 e. The first-order valence-corrected chi connectivity index (χ1v) is 5.51. The number of methoxy groups -OCH3 is 1. The van der Waals surface area contributed by atoms with E-state index in [-0.39, 0.29) is 0 Å². The molecule has 0 rings (SSSR count). The van der Waals surface area contributed by atoms with Crippen LogP contribution in [0.4, 0.5) is 0 Å². The first-order valence-electron chi connectivity index (χ1n) is 3.18. The van der Waals surface area contributed by atoms with Crippen molar-refractivity contribution in [3.63, 3.8) is 0 Å². The van der Waals surface area contributed by atoms with E-state index in [1.165, 1.54) is 0 Å². The van der Waals surface area contributed by atoms with Crippen LogP contribution in [0.5, 0.6) is 0 Å². The average molecular weight is 165 g/mol. The molecule has 0 heterocycles. The fourth-order valence-electron chi connectivity index (χ4n) is 0.493. The maximum absolute atomic E-state index is 10.9. The molecule has 10 heavy (non-hydrogen) atoms. The number of ether oxygens (including phenoxy) is 1. The van der Waals surface area contributed by atoms with Crippen molar-refractivity contribution in [2.45, 2.75) is 6.42 Å². The molecule has 0 radical (unpaired) electrons. The SMILES string of the molecule is COCCCN=S(C)(C)=O. The van der Waals surface area contributed by atoms with Crippen LogP contribution in [-0.2, 0) is 14.5 Å². The van der Waals surface area contributed by atoms with Crippen LogP contribution < -0.4 is 0 Å². The van der Waals surface area contributed by atoms with E-state index in [2.05, 4.69) is 4.36 Å². The fraction of sp³-hybridized carbons (Fsp3) is 1.00. The summed E-state index contributed by atoms with van der Waals surface area (Å²) in [7, 11) is -0.237. The molecule has 0 atom stereocenters. The molecule has 0 aliphatic carbocycles. The van der Waals surface area contributed by atoms with Crippen molar-refractivity contribution < 1.29 is 8.95 Å². The van der Waals surface area contributed by atoms with Crippen LogP contribution in [0.15, 0.2) is 4.36 Å². The lowest BCUT2D eigenvalue weighted by Gasteiger charge is -1.95. The monoisotopic (exact) mass is 165 g/mol. The van der Waals surface area contributed by atoms with E-state index in [0.717, 1.165) is 6.42 Å². The van der Waals surface area contributed by atoms with Crippen LogP contribution in [0.2, 0.25) is 0 Å². The molecule has 62 valence electrons. The van der Waals surface area contributed by atoms with Gasteiger partial charge in [-0.05, 0) is 6.42 Å². The highest BCUT2D eigenvalue weighted by Gasteiger charge is 1.88. The van der Waals surface area contributed by atoms with E-state index in [0.29, 0.717) is 13.2 Å². The van der Waals surface area contributed by atoms with Crippen LogP contribution in [0, 0.1) is 0 Å². The van der Waals surface area contributed by atoms with E-state index >= 15 is 0 Å². The van der Waals surface area contributed by atoms with Crippen molar-refractivity contribution in [3.05, 3.63) is 0 Å². The normalized spacial score (nSPS) is 11.5. The Morgan fingerprint density at radius 1 is 1.50 bits per heavy atom. The number of rotatable bonds is 4. The van der Waals surface area contributed by atoms with Crippen LogP contribution in [-0.4, -0.2) is 37.0 Å². The van der Waals surface area contributed by atoms with E-state index in [4.69, 9.17) is 4.74 Å². The van der Waals surface area contributed by atoms with Crippen molar-refractivity contribution in [2.24, 2.45) is 4.36 Å². The molecule has 0 N–H and O–H groups in total. The minimum Gasteiger partial charge on any atom is -0.385 e. The van der Waals surface area contributed by atoms with Crippen molar-refractivity contribution in [3.8, 4) is 0 Å². The summed E-state index contributed by atoms with van der Waals surface area (Å²) >= 11 is 0. The second kappa shape index (κ2) is 4.68. The molecule has 0 aromatic rings. The van der Waals surface area contributed by atoms with Crippen LogP contribution in [0.25, 0.3) is 0 Å². The third-order valence-electron chi connectivity index (χ3n) is 0.909. The first-order chi connectivity index (χ1) is 4.56. The fourth-order valence-corrected chi connectivity index (χ4v) is 1.06. The standard InChI is InChI=1S/C6H15NO2S/c1-9-6-4-5-7-10(2,3)8/h4-6H2,1-3H3. The van der Waals surface area contributed by atoms with Gasteiger partial charge in [-0.15, -0.1) is 0 Å². The Kier molecular flexibility index (Phi) is 4.64. The van der Waals surface area contributed by atoms with Gasteiger partial charge in [-0.25, -0.2) is 4.36 Å². The van der Waals surface area contributed by atoms with Gasteiger partial charge in [0.1, 0.15) is 0 Å². The predicted octanol–water partition coefficient (Wildman–Crippen LogP) is 0.750. The zero-order chi connectivity index (χ0) is 8.04. The molecule has 4 heteroatoms. The zero-order valence-electron chi connectivity index (χ0n) is 6.79. The molecule has 0 bridgehead atoms. The molecule has 0 aromatic carbocycles. The second-order valence-electron chi connectivity index (χ2n) is 2.38. The molecule has 0 saturated heterocycles. The van der Waals surface area contributed by atoms with E-state index in [9.17, 15) is 4.21 Å². The minimum atomic E-state index is -1.89. The average Bonchev–Trinajstić information content (AvgIpc) is 1.78. The third kappa shape index (κ3) is 7.91.